The van der Waals surface area contributed by atoms with E-state index in [0.717, 1.165) is 12.8 Å². The Labute approximate surface area is 159 Å². The number of carbonyl (C=O) groups excluding carboxylic acids is 1. The highest BCUT2D eigenvalue weighted by Gasteiger charge is 2.64. The predicted molar refractivity (Wildman–Crippen MR) is 82.8 cm³/mol. The molecule has 4 rings (SSSR count). The number of alkyl halides is 7. The van der Waals surface area contributed by atoms with Gasteiger partial charge >= 0.3 is 18.0 Å². The van der Waals surface area contributed by atoms with Gasteiger partial charge in [-0.15, -0.1) is 0 Å². The summed E-state index contributed by atoms with van der Waals surface area (Å²) in [5, 5.41) is 2.73. The number of nitrogens with zero attached hydrogens (tertiary/aromatic N) is 3. The third-order valence-electron chi connectivity index (χ3n) is 5.31. The third-order valence-corrected chi connectivity index (χ3v) is 5.31. The lowest BCUT2D eigenvalue weighted by atomic mass is 9.96. The minimum Gasteiger partial charge on any atom is -0.373 e. The van der Waals surface area contributed by atoms with Crippen LogP contribution in [0.3, 0.4) is 0 Å². The summed E-state index contributed by atoms with van der Waals surface area (Å²) in [7, 11) is 0. The number of carbonyl (C=O) groups is 1. The molecule has 0 aliphatic carbocycles. The summed E-state index contributed by atoms with van der Waals surface area (Å²) < 4.78 is 99.2. The summed E-state index contributed by atoms with van der Waals surface area (Å²) in [4.78, 5) is 19.3. The average molecular weight is 428 g/mol. The van der Waals surface area contributed by atoms with Crippen molar-refractivity contribution in [2.24, 2.45) is 0 Å². The summed E-state index contributed by atoms with van der Waals surface area (Å²) in [5.41, 5.74) is -2.84. The van der Waals surface area contributed by atoms with Crippen LogP contribution in [-0.4, -0.2) is 64.0 Å². The molecule has 2 bridgehead atoms. The fraction of sp³-hybridized carbons (Fsp3) is 0.688. The van der Waals surface area contributed by atoms with Gasteiger partial charge in [-0.3, -0.25) is 4.79 Å². The lowest BCUT2D eigenvalue weighted by Crippen LogP contribution is -2.38. The molecule has 4 heterocycles. The summed E-state index contributed by atoms with van der Waals surface area (Å²) in [6.07, 6.45) is -2.62. The molecule has 0 saturated carbocycles. The number of halogens is 7. The topological polar surface area (TPSA) is 67.3 Å². The van der Waals surface area contributed by atoms with Crippen molar-refractivity contribution in [2.45, 2.75) is 55.5 Å². The van der Waals surface area contributed by atoms with E-state index < -0.39 is 54.2 Å². The first-order chi connectivity index (χ1) is 13.4. The molecule has 0 unspecified atom stereocenters. The zero-order valence-electron chi connectivity index (χ0n) is 14.6. The van der Waals surface area contributed by atoms with Crippen LogP contribution in [0.4, 0.5) is 36.7 Å². The lowest BCUT2D eigenvalue weighted by Gasteiger charge is -2.22. The molecule has 13 heteroatoms. The van der Waals surface area contributed by atoms with Gasteiger partial charge < -0.3 is 15.0 Å². The van der Waals surface area contributed by atoms with Crippen molar-refractivity contribution >= 4 is 11.9 Å². The first-order valence-electron chi connectivity index (χ1n) is 8.78. The van der Waals surface area contributed by atoms with Crippen LogP contribution in [0.25, 0.3) is 0 Å². The Balaban J connectivity index is 1.59. The van der Waals surface area contributed by atoms with E-state index in [9.17, 15) is 35.5 Å². The first kappa shape index (κ1) is 20.1. The van der Waals surface area contributed by atoms with Crippen molar-refractivity contribution in [3.05, 3.63) is 17.5 Å². The number of rotatable bonds is 3. The van der Waals surface area contributed by atoms with Crippen LogP contribution in [-0.2, 0) is 10.9 Å². The zero-order valence-corrected chi connectivity index (χ0v) is 14.6. The van der Waals surface area contributed by atoms with Gasteiger partial charge in [-0.25, -0.2) is 9.97 Å². The van der Waals surface area contributed by atoms with Crippen molar-refractivity contribution in [1.29, 1.82) is 0 Å². The molecule has 3 aliphatic heterocycles. The van der Waals surface area contributed by atoms with Crippen LogP contribution >= 0.6 is 0 Å². The minimum absolute atomic E-state index is 0.0129. The van der Waals surface area contributed by atoms with Crippen molar-refractivity contribution in [3.8, 4) is 0 Å². The molecular weight excluding hydrogens is 413 g/mol. The van der Waals surface area contributed by atoms with Crippen molar-refractivity contribution in [2.75, 3.05) is 18.4 Å². The molecule has 160 valence electrons. The maximum atomic E-state index is 13.4. The molecule has 1 N–H and O–H groups in total. The van der Waals surface area contributed by atoms with Crippen LogP contribution < -0.4 is 5.32 Å². The molecule has 0 aromatic carbocycles. The average Bonchev–Trinajstić information content (AvgIpc) is 3.27. The minimum atomic E-state index is -5.12. The van der Waals surface area contributed by atoms with Gasteiger partial charge in [-0.2, -0.15) is 30.7 Å². The summed E-state index contributed by atoms with van der Waals surface area (Å²) in [5.74, 6) is -11.1. The van der Waals surface area contributed by atoms with Gasteiger partial charge in [-0.05, 0) is 19.3 Å². The van der Waals surface area contributed by atoms with Crippen LogP contribution in [0.15, 0.2) is 6.20 Å². The molecule has 3 fully saturated rings. The molecule has 1 amide bonds. The molecule has 1 aromatic rings. The number of aromatic nitrogens is 2. The van der Waals surface area contributed by atoms with E-state index in [2.05, 4.69) is 15.3 Å². The van der Waals surface area contributed by atoms with E-state index in [1.54, 1.807) is 0 Å². The molecule has 29 heavy (non-hydrogen) atoms. The highest BCUT2D eigenvalue weighted by Crippen LogP contribution is 2.42. The largest absolute Gasteiger partial charge is 0.434 e. The summed E-state index contributed by atoms with van der Waals surface area (Å²) >= 11 is 0. The smallest absolute Gasteiger partial charge is 0.373 e. The van der Waals surface area contributed by atoms with Crippen LogP contribution in [0, 0.1) is 0 Å². The van der Waals surface area contributed by atoms with Gasteiger partial charge in [-0.1, -0.05) is 0 Å². The first-order valence-corrected chi connectivity index (χ1v) is 8.78. The molecular formula is C16H15F7N4O2. The monoisotopic (exact) mass is 428 g/mol. The Hall–Kier alpha value is -2.18. The van der Waals surface area contributed by atoms with E-state index in [0.29, 0.717) is 12.6 Å². The van der Waals surface area contributed by atoms with Crippen molar-refractivity contribution < 1.29 is 40.3 Å². The number of hydrogen-bond donors (Lipinski definition) is 1. The van der Waals surface area contributed by atoms with Crippen LogP contribution in [0.1, 0.15) is 35.3 Å². The number of likely N-dealkylation sites (tertiary alicyclic amines) is 1. The SMILES string of the molecule is O=C(c1cnc(N[C@H]2C[C@@H]3CC[C@H]2O3)nc1C(F)(F)F)N1CC(F)(F)C(F)(F)C1. The Kier molecular flexibility index (Phi) is 4.44. The van der Waals surface area contributed by atoms with Gasteiger partial charge in [0.05, 0.1) is 36.9 Å². The second kappa shape index (κ2) is 6.41. The van der Waals surface area contributed by atoms with E-state index in [1.165, 1.54) is 0 Å². The molecule has 3 aliphatic rings. The van der Waals surface area contributed by atoms with Crippen molar-refractivity contribution in [1.82, 2.24) is 14.9 Å². The van der Waals surface area contributed by atoms with Gasteiger partial charge in [0.25, 0.3) is 5.91 Å². The normalized spacial score (nSPS) is 30.0. The molecule has 0 radical (unpaired) electrons. The van der Waals surface area contributed by atoms with Crippen LogP contribution in [0.2, 0.25) is 0 Å². The summed E-state index contributed by atoms with van der Waals surface area (Å²) in [6, 6.07) is -0.299. The number of nitrogens with one attached hydrogen (secondary N) is 1. The molecule has 6 nitrogen and oxygen atoms in total. The standard InChI is InChI=1S/C16H15F7N4O2/c17-14(18)5-27(6-15(14,19)20)12(28)8-4-24-13(26-11(8)16(21,22)23)25-9-3-7-1-2-10(9)29-7/h4,7,9-10H,1-3,5-6H2,(H,24,25,26)/t7-,9-,10+/m0/s1. The van der Waals surface area contributed by atoms with Gasteiger partial charge in [0.2, 0.25) is 5.95 Å². The van der Waals surface area contributed by atoms with Crippen LogP contribution in [0.5, 0.6) is 0 Å². The molecule has 0 spiro atoms. The van der Waals surface area contributed by atoms with Gasteiger partial charge in [0.1, 0.15) is 0 Å². The van der Waals surface area contributed by atoms with Crippen molar-refractivity contribution in [3.63, 3.8) is 0 Å². The number of fused-ring (bicyclic) bond motifs is 2. The number of ether oxygens (including phenoxy) is 1. The Morgan fingerprint density at radius 1 is 1.17 bits per heavy atom. The third kappa shape index (κ3) is 3.49. The maximum absolute atomic E-state index is 13.4. The number of amides is 1. The van der Waals surface area contributed by atoms with Gasteiger partial charge in [0, 0.05) is 6.20 Å². The second-order valence-electron chi connectivity index (χ2n) is 7.38. The molecule has 3 atom stereocenters. The highest BCUT2D eigenvalue weighted by molar-refractivity contribution is 5.95. The Bertz CT molecular complexity index is 816. The highest BCUT2D eigenvalue weighted by atomic mass is 19.4. The summed E-state index contributed by atoms with van der Waals surface area (Å²) in [6.45, 7) is -3.39. The number of anilines is 1. The number of hydrogen-bond acceptors (Lipinski definition) is 5. The van der Waals surface area contributed by atoms with E-state index >= 15 is 0 Å². The fourth-order valence-electron chi connectivity index (χ4n) is 3.86. The Morgan fingerprint density at radius 3 is 2.34 bits per heavy atom. The van der Waals surface area contributed by atoms with E-state index in [1.807, 2.05) is 0 Å². The fourth-order valence-corrected chi connectivity index (χ4v) is 3.86. The molecule has 3 saturated heterocycles. The molecule has 1 aromatic heterocycles. The zero-order chi connectivity index (χ0) is 21.2. The lowest BCUT2D eigenvalue weighted by molar-refractivity contribution is -0.172. The quantitative estimate of drug-likeness (QED) is 0.750. The van der Waals surface area contributed by atoms with E-state index in [-0.39, 0.29) is 23.1 Å². The van der Waals surface area contributed by atoms with E-state index in [4.69, 9.17) is 4.74 Å². The van der Waals surface area contributed by atoms with Gasteiger partial charge in [0.15, 0.2) is 5.69 Å². The predicted octanol–water partition coefficient (Wildman–Crippen LogP) is 2.95. The Morgan fingerprint density at radius 2 is 1.83 bits per heavy atom. The second-order valence-corrected chi connectivity index (χ2v) is 7.38. The maximum Gasteiger partial charge on any atom is 0.434 e.